The summed E-state index contributed by atoms with van der Waals surface area (Å²) in [5, 5.41) is 9.53. The Bertz CT molecular complexity index is 996. The Morgan fingerprint density at radius 3 is 2.48 bits per heavy atom. The molecule has 3 aromatic rings. The fourth-order valence-electron chi connectivity index (χ4n) is 2.85. The largest absolute Gasteiger partial charge is 0.451 e. The van der Waals surface area contributed by atoms with Gasteiger partial charge in [0.1, 0.15) is 5.58 Å². The van der Waals surface area contributed by atoms with Crippen LogP contribution in [0.4, 0.5) is 11.4 Å². The molecule has 6 nitrogen and oxygen atoms in total. The minimum Gasteiger partial charge on any atom is -0.451 e. The SMILES string of the molecule is CCCCCC(=O)NC(=S)Nc1cccc(NC(=O)c2cc3ccccc3o2)c1. The zero-order valence-electron chi connectivity index (χ0n) is 16.2. The van der Waals surface area contributed by atoms with E-state index < -0.39 is 0 Å². The number of para-hydroxylation sites is 1. The number of unbranched alkanes of at least 4 members (excludes halogenated alkanes) is 2. The van der Waals surface area contributed by atoms with Crippen LogP contribution in [0.5, 0.6) is 0 Å². The topological polar surface area (TPSA) is 83.4 Å². The van der Waals surface area contributed by atoms with Crippen molar-refractivity contribution < 1.29 is 14.0 Å². The maximum absolute atomic E-state index is 12.5. The zero-order valence-corrected chi connectivity index (χ0v) is 17.0. The van der Waals surface area contributed by atoms with E-state index in [1.54, 1.807) is 30.3 Å². The highest BCUT2D eigenvalue weighted by Crippen LogP contribution is 2.21. The molecular formula is C22H23N3O3S. The lowest BCUT2D eigenvalue weighted by Crippen LogP contribution is -2.33. The lowest BCUT2D eigenvalue weighted by molar-refractivity contribution is -0.119. The number of anilines is 2. The fourth-order valence-corrected chi connectivity index (χ4v) is 3.08. The van der Waals surface area contributed by atoms with Crippen molar-refractivity contribution in [1.29, 1.82) is 0 Å². The molecule has 0 unspecified atom stereocenters. The highest BCUT2D eigenvalue weighted by Gasteiger charge is 2.13. The van der Waals surface area contributed by atoms with Crippen LogP contribution in [0, 0.1) is 0 Å². The standard InChI is InChI=1S/C22H23N3O3S/c1-2-3-4-12-20(26)25-22(29)24-17-10-7-9-16(14-17)23-21(27)19-13-15-8-5-6-11-18(15)28-19/h5-11,13-14H,2-4,12H2,1H3,(H,23,27)(H2,24,25,26,29). The van der Waals surface area contributed by atoms with E-state index in [0.29, 0.717) is 23.4 Å². The molecule has 0 spiro atoms. The van der Waals surface area contributed by atoms with Crippen molar-refractivity contribution in [3.63, 3.8) is 0 Å². The number of fused-ring (bicyclic) bond motifs is 1. The third kappa shape index (κ3) is 5.89. The van der Waals surface area contributed by atoms with Crippen LogP contribution in [0.3, 0.4) is 0 Å². The van der Waals surface area contributed by atoms with Crippen molar-refractivity contribution >= 4 is 51.5 Å². The summed E-state index contributed by atoms with van der Waals surface area (Å²) in [6.07, 6.45) is 3.36. The van der Waals surface area contributed by atoms with E-state index in [2.05, 4.69) is 22.9 Å². The Morgan fingerprint density at radius 2 is 1.72 bits per heavy atom. The van der Waals surface area contributed by atoms with Gasteiger partial charge in [-0.05, 0) is 49.0 Å². The zero-order chi connectivity index (χ0) is 20.6. The van der Waals surface area contributed by atoms with Crippen LogP contribution in [0.2, 0.25) is 0 Å². The van der Waals surface area contributed by atoms with Crippen molar-refractivity contribution in [2.75, 3.05) is 10.6 Å². The molecule has 0 aliphatic rings. The normalized spacial score (nSPS) is 10.5. The molecule has 0 aliphatic heterocycles. The first-order chi connectivity index (χ1) is 14.0. The van der Waals surface area contributed by atoms with E-state index in [0.717, 1.165) is 24.6 Å². The summed E-state index contributed by atoms with van der Waals surface area (Å²) in [5.74, 6) is -0.213. The van der Waals surface area contributed by atoms with Gasteiger partial charge in [0.2, 0.25) is 5.91 Å². The van der Waals surface area contributed by atoms with Gasteiger partial charge in [0.05, 0.1) is 0 Å². The van der Waals surface area contributed by atoms with Crippen LogP contribution >= 0.6 is 12.2 Å². The van der Waals surface area contributed by atoms with Crippen LogP contribution < -0.4 is 16.0 Å². The number of benzene rings is 2. The molecule has 29 heavy (non-hydrogen) atoms. The minimum atomic E-state index is -0.342. The van der Waals surface area contributed by atoms with Crippen molar-refractivity contribution in [3.05, 3.63) is 60.4 Å². The van der Waals surface area contributed by atoms with Gasteiger partial charge in [-0.25, -0.2) is 0 Å². The number of carbonyl (C=O) groups is 2. The summed E-state index contributed by atoms with van der Waals surface area (Å²) in [6.45, 7) is 2.09. The molecule has 0 radical (unpaired) electrons. The van der Waals surface area contributed by atoms with Crippen molar-refractivity contribution in [2.24, 2.45) is 0 Å². The molecule has 2 amide bonds. The Labute approximate surface area is 174 Å². The number of thiocarbonyl (C=S) groups is 1. The van der Waals surface area contributed by atoms with Crippen LogP contribution in [0.1, 0.15) is 43.2 Å². The van der Waals surface area contributed by atoms with Gasteiger partial charge in [-0.3, -0.25) is 9.59 Å². The number of carbonyl (C=O) groups excluding carboxylic acids is 2. The van der Waals surface area contributed by atoms with Crippen LogP contribution in [0.15, 0.2) is 59.0 Å². The van der Waals surface area contributed by atoms with Gasteiger partial charge < -0.3 is 20.4 Å². The Hall–Kier alpha value is -3.19. The maximum atomic E-state index is 12.5. The second-order valence-corrected chi connectivity index (χ2v) is 7.05. The molecule has 1 aromatic heterocycles. The number of nitrogens with one attached hydrogen (secondary N) is 3. The van der Waals surface area contributed by atoms with E-state index in [1.807, 2.05) is 24.3 Å². The third-order valence-electron chi connectivity index (χ3n) is 4.29. The lowest BCUT2D eigenvalue weighted by atomic mass is 10.2. The lowest BCUT2D eigenvalue weighted by Gasteiger charge is -2.11. The number of hydrogen-bond donors (Lipinski definition) is 3. The average Bonchev–Trinajstić information content (AvgIpc) is 3.13. The molecular weight excluding hydrogens is 386 g/mol. The molecule has 0 saturated carbocycles. The van der Waals surface area contributed by atoms with Gasteiger partial charge in [-0.1, -0.05) is 44.0 Å². The minimum absolute atomic E-state index is 0.106. The quantitative estimate of drug-likeness (QED) is 0.374. The van der Waals surface area contributed by atoms with Gasteiger partial charge in [0.15, 0.2) is 10.9 Å². The maximum Gasteiger partial charge on any atom is 0.291 e. The molecule has 0 saturated heterocycles. The van der Waals surface area contributed by atoms with Crippen LogP contribution in [-0.2, 0) is 4.79 Å². The first-order valence-electron chi connectivity index (χ1n) is 9.56. The van der Waals surface area contributed by atoms with Gasteiger partial charge in [0.25, 0.3) is 5.91 Å². The van der Waals surface area contributed by atoms with Crippen molar-refractivity contribution in [1.82, 2.24) is 5.32 Å². The second kappa shape index (κ2) is 9.84. The van der Waals surface area contributed by atoms with Gasteiger partial charge >= 0.3 is 0 Å². The predicted octanol–water partition coefficient (Wildman–Crippen LogP) is 5.08. The van der Waals surface area contributed by atoms with E-state index in [9.17, 15) is 9.59 Å². The number of rotatable bonds is 7. The number of hydrogen-bond acceptors (Lipinski definition) is 4. The first-order valence-corrected chi connectivity index (χ1v) is 9.97. The molecule has 1 heterocycles. The van der Waals surface area contributed by atoms with Gasteiger partial charge in [-0.2, -0.15) is 0 Å². The fraction of sp³-hybridized carbons (Fsp3) is 0.227. The monoisotopic (exact) mass is 409 g/mol. The summed E-state index contributed by atoms with van der Waals surface area (Å²) in [7, 11) is 0. The molecule has 0 bridgehead atoms. The molecule has 3 N–H and O–H groups in total. The summed E-state index contributed by atoms with van der Waals surface area (Å²) < 4.78 is 5.58. The highest BCUT2D eigenvalue weighted by molar-refractivity contribution is 7.80. The molecule has 7 heteroatoms. The Kier molecular flexibility index (Phi) is 6.97. The molecule has 2 aromatic carbocycles. The summed E-state index contributed by atoms with van der Waals surface area (Å²) in [5.41, 5.74) is 1.90. The first kappa shape index (κ1) is 20.5. The van der Waals surface area contributed by atoms with Crippen molar-refractivity contribution in [3.8, 4) is 0 Å². The average molecular weight is 410 g/mol. The second-order valence-electron chi connectivity index (χ2n) is 6.64. The van der Waals surface area contributed by atoms with Crippen LogP contribution in [-0.4, -0.2) is 16.9 Å². The van der Waals surface area contributed by atoms with E-state index in [-0.39, 0.29) is 22.7 Å². The third-order valence-corrected chi connectivity index (χ3v) is 4.49. The highest BCUT2D eigenvalue weighted by atomic mass is 32.1. The molecule has 0 aliphatic carbocycles. The van der Waals surface area contributed by atoms with E-state index >= 15 is 0 Å². The molecule has 3 rings (SSSR count). The number of amides is 2. The van der Waals surface area contributed by atoms with E-state index in [1.165, 1.54) is 0 Å². The van der Waals surface area contributed by atoms with E-state index in [4.69, 9.17) is 16.6 Å². The molecule has 0 fully saturated rings. The summed E-state index contributed by atoms with van der Waals surface area (Å²) in [6, 6.07) is 16.2. The summed E-state index contributed by atoms with van der Waals surface area (Å²) >= 11 is 5.19. The Balaban J connectivity index is 1.58. The smallest absolute Gasteiger partial charge is 0.291 e. The van der Waals surface area contributed by atoms with Gasteiger partial charge in [-0.15, -0.1) is 0 Å². The van der Waals surface area contributed by atoms with Crippen molar-refractivity contribution in [2.45, 2.75) is 32.6 Å². The molecule has 0 atom stereocenters. The summed E-state index contributed by atoms with van der Waals surface area (Å²) in [4.78, 5) is 24.3. The number of furan rings is 1. The van der Waals surface area contributed by atoms with Gasteiger partial charge in [0, 0.05) is 23.2 Å². The van der Waals surface area contributed by atoms with Crippen LogP contribution in [0.25, 0.3) is 11.0 Å². The molecule has 150 valence electrons. The predicted molar refractivity (Wildman–Crippen MR) is 119 cm³/mol. The Morgan fingerprint density at radius 1 is 0.966 bits per heavy atom.